The lowest BCUT2D eigenvalue weighted by Crippen LogP contribution is -2.31. The second-order valence-corrected chi connectivity index (χ2v) is 5.28. The van der Waals surface area contributed by atoms with Crippen molar-refractivity contribution in [3.8, 4) is 0 Å². The van der Waals surface area contributed by atoms with Crippen molar-refractivity contribution < 1.29 is 9.21 Å². The lowest BCUT2D eigenvalue weighted by molar-refractivity contribution is 0.0750. The molecular formula is C17H22N2O2. The third-order valence-electron chi connectivity index (χ3n) is 3.80. The van der Waals surface area contributed by atoms with Crippen LogP contribution in [-0.2, 0) is 6.54 Å². The summed E-state index contributed by atoms with van der Waals surface area (Å²) >= 11 is 0. The number of nitrogens with zero attached hydrogens (tertiary/aromatic N) is 1. The number of benzene rings is 1. The van der Waals surface area contributed by atoms with Crippen molar-refractivity contribution in [3.63, 3.8) is 0 Å². The minimum absolute atomic E-state index is 0.0150. The summed E-state index contributed by atoms with van der Waals surface area (Å²) in [4.78, 5) is 14.6. The zero-order chi connectivity index (χ0) is 15.6. The number of hydrogen-bond donors (Lipinski definition) is 1. The van der Waals surface area contributed by atoms with Crippen LogP contribution in [0.2, 0.25) is 0 Å². The molecule has 2 rings (SSSR count). The van der Waals surface area contributed by atoms with Gasteiger partial charge >= 0.3 is 0 Å². The van der Waals surface area contributed by atoms with E-state index in [4.69, 9.17) is 10.2 Å². The molecule has 21 heavy (non-hydrogen) atoms. The largest absolute Gasteiger partial charge is 0.466 e. The quantitative estimate of drug-likeness (QED) is 0.876. The SMILES string of the molecule is CCN(Cc1ccc(N)cc1)C(=O)c1c(C)oc(C)c1C. The first-order valence-corrected chi connectivity index (χ1v) is 7.14. The van der Waals surface area contributed by atoms with E-state index in [0.717, 1.165) is 22.6 Å². The van der Waals surface area contributed by atoms with E-state index in [0.29, 0.717) is 24.4 Å². The Balaban J connectivity index is 2.24. The first-order chi connectivity index (χ1) is 9.93. The van der Waals surface area contributed by atoms with Crippen molar-refractivity contribution in [3.05, 3.63) is 52.5 Å². The zero-order valence-electron chi connectivity index (χ0n) is 13.1. The maximum atomic E-state index is 12.7. The molecule has 2 N–H and O–H groups in total. The van der Waals surface area contributed by atoms with Crippen LogP contribution in [0.15, 0.2) is 28.7 Å². The molecule has 4 heteroatoms. The van der Waals surface area contributed by atoms with E-state index in [1.54, 1.807) is 0 Å². The molecule has 0 fully saturated rings. The van der Waals surface area contributed by atoms with E-state index >= 15 is 0 Å². The predicted octanol–water partition coefficient (Wildman–Crippen LogP) is 3.45. The van der Waals surface area contributed by atoms with Gasteiger partial charge in [0, 0.05) is 24.3 Å². The van der Waals surface area contributed by atoms with Crippen LogP contribution in [0.4, 0.5) is 5.69 Å². The molecule has 0 aliphatic carbocycles. The number of nitrogen functional groups attached to an aromatic ring is 1. The highest BCUT2D eigenvalue weighted by Crippen LogP contribution is 2.23. The Morgan fingerprint density at radius 1 is 1.14 bits per heavy atom. The van der Waals surface area contributed by atoms with Crippen LogP contribution in [0.5, 0.6) is 0 Å². The number of rotatable bonds is 4. The molecule has 0 atom stereocenters. The Morgan fingerprint density at radius 3 is 2.24 bits per heavy atom. The lowest BCUT2D eigenvalue weighted by atomic mass is 10.1. The van der Waals surface area contributed by atoms with E-state index in [2.05, 4.69) is 0 Å². The first kappa shape index (κ1) is 15.2. The zero-order valence-corrected chi connectivity index (χ0v) is 13.1. The average molecular weight is 286 g/mol. The van der Waals surface area contributed by atoms with Gasteiger partial charge in [0.15, 0.2) is 0 Å². The minimum atomic E-state index is 0.0150. The molecule has 1 heterocycles. The summed E-state index contributed by atoms with van der Waals surface area (Å²) in [5.74, 6) is 1.51. The molecule has 0 aliphatic heterocycles. The Morgan fingerprint density at radius 2 is 1.76 bits per heavy atom. The van der Waals surface area contributed by atoms with Crippen LogP contribution in [0.25, 0.3) is 0 Å². The fourth-order valence-corrected chi connectivity index (χ4v) is 2.44. The van der Waals surface area contributed by atoms with E-state index in [-0.39, 0.29) is 5.91 Å². The van der Waals surface area contributed by atoms with Crippen molar-refractivity contribution in [1.82, 2.24) is 4.90 Å². The molecule has 1 aromatic carbocycles. The Bertz CT molecular complexity index is 642. The van der Waals surface area contributed by atoms with E-state index < -0.39 is 0 Å². The van der Waals surface area contributed by atoms with Crippen LogP contribution in [0.3, 0.4) is 0 Å². The second-order valence-electron chi connectivity index (χ2n) is 5.28. The molecule has 0 saturated carbocycles. The number of aryl methyl sites for hydroxylation is 2. The number of nitrogens with two attached hydrogens (primary N) is 1. The topological polar surface area (TPSA) is 59.5 Å². The number of amides is 1. The van der Waals surface area contributed by atoms with Gasteiger partial charge in [-0.25, -0.2) is 0 Å². The van der Waals surface area contributed by atoms with E-state index in [9.17, 15) is 4.79 Å². The molecule has 1 aromatic heterocycles. The molecular weight excluding hydrogens is 264 g/mol. The fourth-order valence-electron chi connectivity index (χ4n) is 2.44. The smallest absolute Gasteiger partial charge is 0.257 e. The summed E-state index contributed by atoms with van der Waals surface area (Å²) in [6.45, 7) is 8.84. The highest BCUT2D eigenvalue weighted by atomic mass is 16.3. The molecule has 0 spiro atoms. The van der Waals surface area contributed by atoms with Crippen molar-refractivity contribution in [1.29, 1.82) is 0 Å². The number of hydrogen-bond acceptors (Lipinski definition) is 3. The van der Waals surface area contributed by atoms with Gasteiger partial charge in [-0.2, -0.15) is 0 Å². The Hall–Kier alpha value is -2.23. The molecule has 0 bridgehead atoms. The van der Waals surface area contributed by atoms with Crippen molar-refractivity contribution >= 4 is 11.6 Å². The lowest BCUT2D eigenvalue weighted by Gasteiger charge is -2.21. The summed E-state index contributed by atoms with van der Waals surface area (Å²) in [7, 11) is 0. The summed E-state index contributed by atoms with van der Waals surface area (Å²) < 4.78 is 5.56. The van der Waals surface area contributed by atoms with Crippen molar-refractivity contribution in [2.45, 2.75) is 34.2 Å². The van der Waals surface area contributed by atoms with Crippen molar-refractivity contribution in [2.24, 2.45) is 0 Å². The van der Waals surface area contributed by atoms with Gasteiger partial charge in [0.2, 0.25) is 0 Å². The van der Waals surface area contributed by atoms with Crippen LogP contribution in [-0.4, -0.2) is 17.4 Å². The van der Waals surface area contributed by atoms with Crippen molar-refractivity contribution in [2.75, 3.05) is 12.3 Å². The Labute approximate surface area is 125 Å². The second kappa shape index (κ2) is 6.04. The molecule has 0 radical (unpaired) electrons. The predicted molar refractivity (Wildman–Crippen MR) is 84.2 cm³/mol. The van der Waals surface area contributed by atoms with Crippen LogP contribution >= 0.6 is 0 Å². The highest BCUT2D eigenvalue weighted by molar-refractivity contribution is 5.96. The average Bonchev–Trinajstić information content (AvgIpc) is 2.71. The Kier molecular flexibility index (Phi) is 4.36. The van der Waals surface area contributed by atoms with Gasteiger partial charge in [-0.1, -0.05) is 12.1 Å². The summed E-state index contributed by atoms with van der Waals surface area (Å²) in [5.41, 5.74) is 9.09. The summed E-state index contributed by atoms with van der Waals surface area (Å²) in [6.07, 6.45) is 0. The third kappa shape index (κ3) is 3.10. The van der Waals surface area contributed by atoms with Gasteiger partial charge in [0.05, 0.1) is 5.56 Å². The molecule has 0 unspecified atom stereocenters. The standard InChI is InChI=1S/C17H22N2O2/c1-5-19(10-14-6-8-15(18)9-7-14)17(20)16-11(2)12(3)21-13(16)4/h6-9H,5,10,18H2,1-4H3. The van der Waals surface area contributed by atoms with Crippen LogP contribution in [0.1, 0.15) is 39.9 Å². The maximum absolute atomic E-state index is 12.7. The summed E-state index contributed by atoms with van der Waals surface area (Å²) in [6, 6.07) is 7.61. The van der Waals surface area contributed by atoms with Crippen LogP contribution < -0.4 is 5.73 Å². The van der Waals surface area contributed by atoms with Crippen LogP contribution in [0, 0.1) is 20.8 Å². The summed E-state index contributed by atoms with van der Waals surface area (Å²) in [5, 5.41) is 0. The van der Waals surface area contributed by atoms with E-state index in [1.807, 2.05) is 56.9 Å². The van der Waals surface area contributed by atoms with Gasteiger partial charge in [-0.3, -0.25) is 4.79 Å². The molecule has 1 amide bonds. The maximum Gasteiger partial charge on any atom is 0.257 e. The van der Waals surface area contributed by atoms with Gasteiger partial charge < -0.3 is 15.1 Å². The minimum Gasteiger partial charge on any atom is -0.466 e. The number of furan rings is 1. The monoisotopic (exact) mass is 286 g/mol. The molecule has 0 saturated heterocycles. The first-order valence-electron chi connectivity index (χ1n) is 7.14. The molecule has 4 nitrogen and oxygen atoms in total. The fraction of sp³-hybridized carbons (Fsp3) is 0.353. The molecule has 2 aromatic rings. The van der Waals surface area contributed by atoms with Gasteiger partial charge in [0.1, 0.15) is 11.5 Å². The molecule has 112 valence electrons. The number of carbonyl (C=O) groups is 1. The number of anilines is 1. The third-order valence-corrected chi connectivity index (χ3v) is 3.80. The molecule has 0 aliphatic rings. The highest BCUT2D eigenvalue weighted by Gasteiger charge is 2.23. The van der Waals surface area contributed by atoms with Gasteiger partial charge in [-0.15, -0.1) is 0 Å². The van der Waals surface area contributed by atoms with E-state index in [1.165, 1.54) is 0 Å². The van der Waals surface area contributed by atoms with Gasteiger partial charge in [-0.05, 0) is 45.4 Å². The van der Waals surface area contributed by atoms with Gasteiger partial charge in [0.25, 0.3) is 5.91 Å². The number of carbonyl (C=O) groups excluding carboxylic acids is 1. The normalized spacial score (nSPS) is 10.7.